The molecule has 4 nitrogen and oxygen atoms in total. The van der Waals surface area contributed by atoms with Gasteiger partial charge in [-0.2, -0.15) is 0 Å². The molecule has 2 rings (SSSR count). The minimum absolute atomic E-state index is 0.0768. The lowest BCUT2D eigenvalue weighted by molar-refractivity contribution is -0.116. The summed E-state index contributed by atoms with van der Waals surface area (Å²) in [6, 6.07) is 14.6. The molecule has 0 unspecified atom stereocenters. The van der Waals surface area contributed by atoms with Gasteiger partial charge in [0.05, 0.1) is 18.7 Å². The van der Waals surface area contributed by atoms with Crippen LogP contribution >= 0.6 is 0 Å². The van der Waals surface area contributed by atoms with E-state index < -0.39 is 0 Å². The van der Waals surface area contributed by atoms with Gasteiger partial charge in [-0.15, -0.1) is 0 Å². The maximum atomic E-state index is 12.0. The van der Waals surface area contributed by atoms with E-state index in [1.165, 1.54) is 6.92 Å². The van der Waals surface area contributed by atoms with E-state index in [1.807, 2.05) is 31.2 Å². The zero-order valence-corrected chi connectivity index (χ0v) is 12.8. The Hall–Kier alpha value is -2.62. The molecule has 0 saturated heterocycles. The van der Waals surface area contributed by atoms with Crippen LogP contribution in [0.25, 0.3) is 0 Å². The van der Waals surface area contributed by atoms with E-state index in [0.29, 0.717) is 17.9 Å². The second kappa shape index (κ2) is 7.41. The van der Waals surface area contributed by atoms with E-state index in [9.17, 15) is 9.59 Å². The molecular weight excluding hydrogens is 278 g/mol. The van der Waals surface area contributed by atoms with Gasteiger partial charge in [-0.3, -0.25) is 9.59 Å². The van der Waals surface area contributed by atoms with Crippen molar-refractivity contribution in [3.05, 3.63) is 59.7 Å². The van der Waals surface area contributed by atoms with E-state index in [-0.39, 0.29) is 18.1 Å². The van der Waals surface area contributed by atoms with Gasteiger partial charge in [-0.25, -0.2) is 0 Å². The Morgan fingerprint density at radius 3 is 2.45 bits per heavy atom. The fourth-order valence-electron chi connectivity index (χ4n) is 2.08. The third-order valence-electron chi connectivity index (χ3n) is 3.26. The Morgan fingerprint density at radius 2 is 1.73 bits per heavy atom. The number of hydrogen-bond acceptors (Lipinski definition) is 3. The first-order chi connectivity index (χ1) is 10.6. The number of rotatable bonds is 6. The molecule has 2 aromatic carbocycles. The van der Waals surface area contributed by atoms with Gasteiger partial charge in [-0.1, -0.05) is 30.3 Å². The first-order valence-electron chi connectivity index (χ1n) is 7.16. The lowest BCUT2D eigenvalue weighted by Crippen LogP contribution is -2.17. The van der Waals surface area contributed by atoms with Crippen LogP contribution in [0.3, 0.4) is 0 Å². The van der Waals surface area contributed by atoms with Crippen molar-refractivity contribution in [1.29, 1.82) is 0 Å². The number of ketones is 1. The highest BCUT2D eigenvalue weighted by molar-refractivity contribution is 6.03. The molecule has 4 heteroatoms. The third kappa shape index (κ3) is 4.19. The number of Topliss-reactive ketones (excluding diaryl/α,β-unsaturated/α-hetero) is 1. The monoisotopic (exact) mass is 297 g/mol. The van der Waals surface area contributed by atoms with Crippen molar-refractivity contribution in [2.75, 3.05) is 11.9 Å². The Bertz CT molecular complexity index is 680. The number of ether oxygens (including phenoxy) is 1. The number of para-hydroxylation sites is 2. The molecule has 1 amide bonds. The number of anilines is 1. The second-order valence-electron chi connectivity index (χ2n) is 5.01. The van der Waals surface area contributed by atoms with Crippen LogP contribution in [0.15, 0.2) is 48.5 Å². The number of nitrogens with one attached hydrogen (secondary N) is 1. The molecule has 0 aliphatic heterocycles. The predicted octanol–water partition coefficient (Wildman–Crippen LogP) is 3.61. The van der Waals surface area contributed by atoms with Crippen LogP contribution in [0, 0.1) is 6.92 Å². The van der Waals surface area contributed by atoms with Crippen molar-refractivity contribution in [3.63, 3.8) is 0 Å². The first-order valence-corrected chi connectivity index (χ1v) is 7.16. The maximum Gasteiger partial charge on any atom is 0.227 e. The minimum Gasteiger partial charge on any atom is -0.493 e. The highest BCUT2D eigenvalue weighted by atomic mass is 16.5. The van der Waals surface area contributed by atoms with Gasteiger partial charge in [0.1, 0.15) is 5.75 Å². The summed E-state index contributed by atoms with van der Waals surface area (Å²) in [5.74, 6) is 0.522. The topological polar surface area (TPSA) is 55.4 Å². The normalized spacial score (nSPS) is 10.1. The van der Waals surface area contributed by atoms with Crippen molar-refractivity contribution in [3.8, 4) is 5.75 Å². The molecule has 0 atom stereocenters. The molecule has 114 valence electrons. The highest BCUT2D eigenvalue weighted by Gasteiger charge is 2.09. The summed E-state index contributed by atoms with van der Waals surface area (Å²) in [7, 11) is 0. The summed E-state index contributed by atoms with van der Waals surface area (Å²) < 4.78 is 5.60. The summed E-state index contributed by atoms with van der Waals surface area (Å²) in [5, 5.41) is 2.75. The van der Waals surface area contributed by atoms with Gasteiger partial charge >= 0.3 is 0 Å². The number of carbonyl (C=O) groups is 2. The Morgan fingerprint density at radius 1 is 1.05 bits per heavy atom. The quantitative estimate of drug-likeness (QED) is 0.829. The van der Waals surface area contributed by atoms with E-state index in [0.717, 1.165) is 11.3 Å². The average Bonchev–Trinajstić information content (AvgIpc) is 2.49. The Labute approximate surface area is 130 Å². The SMILES string of the molecule is CC(=O)c1ccccc1NC(=O)CCOc1ccccc1C. The van der Waals surface area contributed by atoms with Gasteiger partial charge in [0, 0.05) is 5.56 Å². The molecule has 0 spiro atoms. The molecular formula is C18H19NO3. The van der Waals surface area contributed by atoms with Crippen molar-refractivity contribution >= 4 is 17.4 Å². The summed E-state index contributed by atoms with van der Waals surface area (Å²) in [4.78, 5) is 23.5. The number of hydrogen-bond donors (Lipinski definition) is 1. The average molecular weight is 297 g/mol. The molecule has 0 aromatic heterocycles. The fourth-order valence-corrected chi connectivity index (χ4v) is 2.08. The summed E-state index contributed by atoms with van der Waals surface area (Å²) in [6.07, 6.45) is 0.223. The lowest BCUT2D eigenvalue weighted by Gasteiger charge is -2.10. The first kappa shape index (κ1) is 15.8. The van der Waals surface area contributed by atoms with E-state index in [1.54, 1.807) is 24.3 Å². The van der Waals surface area contributed by atoms with Crippen LogP contribution in [0.2, 0.25) is 0 Å². The largest absolute Gasteiger partial charge is 0.493 e. The smallest absolute Gasteiger partial charge is 0.227 e. The van der Waals surface area contributed by atoms with E-state index in [2.05, 4.69) is 5.32 Å². The summed E-state index contributed by atoms with van der Waals surface area (Å²) in [6.45, 7) is 3.73. The molecule has 22 heavy (non-hydrogen) atoms. The highest BCUT2D eigenvalue weighted by Crippen LogP contribution is 2.17. The molecule has 0 bridgehead atoms. The standard InChI is InChI=1S/C18H19NO3/c1-13-7-3-6-10-17(13)22-12-11-18(21)19-16-9-5-4-8-15(16)14(2)20/h3-10H,11-12H2,1-2H3,(H,19,21). The van der Waals surface area contributed by atoms with Gasteiger partial charge in [0.25, 0.3) is 0 Å². The molecule has 0 heterocycles. The summed E-state index contributed by atoms with van der Waals surface area (Å²) in [5.41, 5.74) is 2.08. The second-order valence-corrected chi connectivity index (χ2v) is 5.01. The molecule has 0 aliphatic carbocycles. The fraction of sp³-hybridized carbons (Fsp3) is 0.222. The molecule has 0 aliphatic rings. The van der Waals surface area contributed by atoms with Gasteiger partial charge in [0.2, 0.25) is 5.91 Å². The van der Waals surface area contributed by atoms with E-state index in [4.69, 9.17) is 4.74 Å². The minimum atomic E-state index is -0.178. The third-order valence-corrected chi connectivity index (χ3v) is 3.26. The molecule has 0 radical (unpaired) electrons. The zero-order valence-electron chi connectivity index (χ0n) is 12.8. The van der Waals surface area contributed by atoms with Gasteiger partial charge in [-0.05, 0) is 37.6 Å². The van der Waals surface area contributed by atoms with Crippen LogP contribution in [0.1, 0.15) is 29.3 Å². The molecule has 1 N–H and O–H groups in total. The molecule has 0 fully saturated rings. The Balaban J connectivity index is 1.89. The predicted molar refractivity (Wildman–Crippen MR) is 86.4 cm³/mol. The maximum absolute atomic E-state index is 12.0. The Kier molecular flexibility index (Phi) is 5.31. The summed E-state index contributed by atoms with van der Waals surface area (Å²) >= 11 is 0. The van der Waals surface area contributed by atoms with Crippen molar-refractivity contribution < 1.29 is 14.3 Å². The van der Waals surface area contributed by atoms with Crippen molar-refractivity contribution in [1.82, 2.24) is 0 Å². The van der Waals surface area contributed by atoms with E-state index >= 15 is 0 Å². The molecule has 0 saturated carbocycles. The van der Waals surface area contributed by atoms with Crippen molar-refractivity contribution in [2.24, 2.45) is 0 Å². The van der Waals surface area contributed by atoms with Crippen LogP contribution in [0.4, 0.5) is 5.69 Å². The number of benzene rings is 2. The number of amides is 1. The molecule has 2 aromatic rings. The van der Waals surface area contributed by atoms with Crippen LogP contribution < -0.4 is 10.1 Å². The van der Waals surface area contributed by atoms with Crippen LogP contribution in [-0.4, -0.2) is 18.3 Å². The zero-order chi connectivity index (χ0) is 15.9. The van der Waals surface area contributed by atoms with Crippen molar-refractivity contribution in [2.45, 2.75) is 20.3 Å². The van der Waals surface area contributed by atoms with Crippen LogP contribution in [-0.2, 0) is 4.79 Å². The number of carbonyl (C=O) groups excluding carboxylic acids is 2. The number of aryl methyl sites for hydroxylation is 1. The van der Waals surface area contributed by atoms with Crippen LogP contribution in [0.5, 0.6) is 5.75 Å². The van der Waals surface area contributed by atoms with Gasteiger partial charge in [0.15, 0.2) is 5.78 Å². The lowest BCUT2D eigenvalue weighted by atomic mass is 10.1. The van der Waals surface area contributed by atoms with Gasteiger partial charge < -0.3 is 10.1 Å².